The summed E-state index contributed by atoms with van der Waals surface area (Å²) in [5, 5.41) is 2.98. The third-order valence-electron chi connectivity index (χ3n) is 3.89. The predicted molar refractivity (Wildman–Crippen MR) is 97.9 cm³/mol. The predicted octanol–water partition coefficient (Wildman–Crippen LogP) is 2.71. The molecule has 1 aromatic rings. The number of carbonyl (C=O) groups is 1. The summed E-state index contributed by atoms with van der Waals surface area (Å²) >= 11 is 2.23. The topological polar surface area (TPSA) is 58.4 Å². The number of rotatable bonds is 4. The smallest absolute Gasteiger partial charge is 0.238 e. The molecular formula is C15H23ClIN3O. The fourth-order valence-corrected chi connectivity index (χ4v) is 3.11. The Balaban J connectivity index is 0.00000220. The third-order valence-corrected chi connectivity index (χ3v) is 4.83. The van der Waals surface area contributed by atoms with E-state index < -0.39 is 0 Å². The lowest BCUT2D eigenvalue weighted by Crippen LogP contribution is -2.42. The van der Waals surface area contributed by atoms with Gasteiger partial charge < -0.3 is 11.1 Å². The molecule has 1 atom stereocenters. The summed E-state index contributed by atoms with van der Waals surface area (Å²) in [6, 6.07) is 8.09. The van der Waals surface area contributed by atoms with Crippen molar-refractivity contribution in [2.24, 2.45) is 11.7 Å². The number of nitrogens with two attached hydrogens (primary N) is 1. The van der Waals surface area contributed by atoms with Gasteiger partial charge in [-0.25, -0.2) is 0 Å². The molecule has 1 amide bonds. The van der Waals surface area contributed by atoms with Crippen molar-refractivity contribution in [1.29, 1.82) is 0 Å². The van der Waals surface area contributed by atoms with Crippen LogP contribution in [0, 0.1) is 9.49 Å². The number of nitrogens with zero attached hydrogens (tertiary/aromatic N) is 1. The van der Waals surface area contributed by atoms with Crippen LogP contribution in [0.25, 0.3) is 0 Å². The van der Waals surface area contributed by atoms with E-state index in [1.54, 1.807) is 0 Å². The second-order valence-corrected chi connectivity index (χ2v) is 6.66. The Morgan fingerprint density at radius 3 is 2.62 bits per heavy atom. The Bertz CT molecular complexity index is 462. The van der Waals surface area contributed by atoms with Crippen LogP contribution < -0.4 is 11.1 Å². The number of nitrogens with one attached hydrogen (secondary N) is 1. The van der Waals surface area contributed by atoms with Crippen LogP contribution in [0.4, 0.5) is 5.69 Å². The van der Waals surface area contributed by atoms with E-state index in [1.165, 1.54) is 0 Å². The lowest BCUT2D eigenvalue weighted by molar-refractivity contribution is -0.117. The molecule has 1 heterocycles. The van der Waals surface area contributed by atoms with Crippen molar-refractivity contribution < 1.29 is 4.79 Å². The summed E-state index contributed by atoms with van der Waals surface area (Å²) in [6.45, 7) is 4.47. The van der Waals surface area contributed by atoms with Crippen molar-refractivity contribution in [3.8, 4) is 0 Å². The van der Waals surface area contributed by atoms with Crippen LogP contribution in [0.2, 0.25) is 0 Å². The Morgan fingerprint density at radius 1 is 1.43 bits per heavy atom. The van der Waals surface area contributed by atoms with Gasteiger partial charge in [0.25, 0.3) is 0 Å². The molecule has 21 heavy (non-hydrogen) atoms. The minimum atomic E-state index is 0. The molecule has 1 fully saturated rings. The molecule has 0 saturated carbocycles. The van der Waals surface area contributed by atoms with Gasteiger partial charge >= 0.3 is 0 Å². The highest BCUT2D eigenvalue weighted by atomic mass is 127. The third kappa shape index (κ3) is 5.73. The van der Waals surface area contributed by atoms with Crippen LogP contribution in [0.5, 0.6) is 0 Å². The minimum Gasteiger partial charge on any atom is -0.328 e. The molecule has 4 nitrogen and oxygen atoms in total. The number of likely N-dealkylation sites (tertiary alicyclic amines) is 1. The molecule has 1 saturated heterocycles. The zero-order valence-corrected chi connectivity index (χ0v) is 15.2. The molecular weight excluding hydrogens is 401 g/mol. The van der Waals surface area contributed by atoms with Crippen LogP contribution in [-0.4, -0.2) is 36.5 Å². The quantitative estimate of drug-likeness (QED) is 0.732. The molecule has 1 aliphatic heterocycles. The minimum absolute atomic E-state index is 0. The van der Waals surface area contributed by atoms with E-state index in [0.717, 1.165) is 35.2 Å². The first-order chi connectivity index (χ1) is 9.56. The lowest BCUT2D eigenvalue weighted by Gasteiger charge is -2.33. The largest absolute Gasteiger partial charge is 0.328 e. The van der Waals surface area contributed by atoms with Gasteiger partial charge in [0.2, 0.25) is 5.91 Å². The van der Waals surface area contributed by atoms with Crippen molar-refractivity contribution in [3.63, 3.8) is 0 Å². The summed E-state index contributed by atoms with van der Waals surface area (Å²) in [5.41, 5.74) is 6.83. The van der Waals surface area contributed by atoms with Crippen LogP contribution in [0.1, 0.15) is 19.8 Å². The van der Waals surface area contributed by atoms with Gasteiger partial charge in [0, 0.05) is 9.61 Å². The lowest BCUT2D eigenvalue weighted by atomic mass is 9.91. The molecule has 2 rings (SSSR count). The molecule has 0 aromatic heterocycles. The van der Waals surface area contributed by atoms with E-state index in [1.807, 2.05) is 24.3 Å². The summed E-state index contributed by atoms with van der Waals surface area (Å²) < 4.78 is 1.06. The van der Waals surface area contributed by atoms with Gasteiger partial charge in [0.15, 0.2) is 0 Å². The van der Waals surface area contributed by atoms with Crippen molar-refractivity contribution >= 4 is 46.6 Å². The SMILES string of the molecule is CC(N)C1CCN(CC(=O)Nc2ccccc2I)CC1.Cl. The fraction of sp³-hybridized carbons (Fsp3) is 0.533. The number of anilines is 1. The van der Waals surface area contributed by atoms with Gasteiger partial charge in [0.05, 0.1) is 12.2 Å². The van der Waals surface area contributed by atoms with Crippen LogP contribution >= 0.6 is 35.0 Å². The van der Waals surface area contributed by atoms with Crippen LogP contribution in [0.15, 0.2) is 24.3 Å². The summed E-state index contributed by atoms with van der Waals surface area (Å²) in [6.07, 6.45) is 2.18. The Labute approximate surface area is 146 Å². The van der Waals surface area contributed by atoms with Gasteiger partial charge in [-0.05, 0) is 73.5 Å². The molecule has 0 radical (unpaired) electrons. The zero-order chi connectivity index (χ0) is 14.5. The van der Waals surface area contributed by atoms with Gasteiger partial charge in [-0.1, -0.05) is 12.1 Å². The molecule has 0 aliphatic carbocycles. The highest BCUT2D eigenvalue weighted by Crippen LogP contribution is 2.20. The van der Waals surface area contributed by atoms with E-state index in [9.17, 15) is 4.79 Å². The first-order valence-corrected chi connectivity index (χ1v) is 8.16. The Kier molecular flexibility index (Phi) is 7.94. The number of piperidine rings is 1. The second kappa shape index (κ2) is 8.92. The maximum atomic E-state index is 12.1. The summed E-state index contributed by atoms with van der Waals surface area (Å²) in [5.74, 6) is 0.665. The standard InChI is InChI=1S/C15H22IN3O.ClH/c1-11(17)12-6-8-19(9-7-12)10-15(20)18-14-5-3-2-4-13(14)16;/h2-5,11-12H,6-10,17H2,1H3,(H,18,20);1H. The van der Waals surface area contributed by atoms with Crippen molar-refractivity contribution in [1.82, 2.24) is 4.90 Å². The van der Waals surface area contributed by atoms with E-state index in [4.69, 9.17) is 5.73 Å². The van der Waals surface area contributed by atoms with Gasteiger partial charge in [0.1, 0.15) is 0 Å². The van der Waals surface area contributed by atoms with Crippen molar-refractivity contribution in [2.45, 2.75) is 25.8 Å². The van der Waals surface area contributed by atoms with Gasteiger partial charge in [-0.2, -0.15) is 0 Å². The van der Waals surface area contributed by atoms with Crippen LogP contribution in [0.3, 0.4) is 0 Å². The number of carbonyl (C=O) groups excluding carboxylic acids is 1. The Hall–Kier alpha value is -0.370. The van der Waals surface area contributed by atoms with Gasteiger partial charge in [-0.3, -0.25) is 9.69 Å². The maximum absolute atomic E-state index is 12.1. The maximum Gasteiger partial charge on any atom is 0.238 e. The average molecular weight is 424 g/mol. The monoisotopic (exact) mass is 423 g/mol. The highest BCUT2D eigenvalue weighted by molar-refractivity contribution is 14.1. The summed E-state index contributed by atoms with van der Waals surface area (Å²) in [7, 11) is 0. The molecule has 6 heteroatoms. The molecule has 1 unspecified atom stereocenters. The van der Waals surface area contributed by atoms with Gasteiger partial charge in [-0.15, -0.1) is 12.4 Å². The number of amides is 1. The Morgan fingerprint density at radius 2 is 2.05 bits per heavy atom. The number of hydrogen-bond donors (Lipinski definition) is 2. The molecule has 3 N–H and O–H groups in total. The number of halogens is 2. The number of benzene rings is 1. The molecule has 0 spiro atoms. The van der Waals surface area contributed by atoms with E-state index in [2.05, 4.69) is 39.7 Å². The zero-order valence-electron chi connectivity index (χ0n) is 12.2. The first-order valence-electron chi connectivity index (χ1n) is 7.08. The van der Waals surface area contributed by atoms with Crippen molar-refractivity contribution in [3.05, 3.63) is 27.8 Å². The number of hydrogen-bond acceptors (Lipinski definition) is 3. The average Bonchev–Trinajstić information content (AvgIpc) is 2.42. The van der Waals surface area contributed by atoms with Crippen LogP contribution in [-0.2, 0) is 4.79 Å². The fourth-order valence-electron chi connectivity index (χ4n) is 2.59. The highest BCUT2D eigenvalue weighted by Gasteiger charge is 2.23. The molecule has 0 bridgehead atoms. The second-order valence-electron chi connectivity index (χ2n) is 5.50. The molecule has 118 valence electrons. The summed E-state index contributed by atoms with van der Waals surface area (Å²) in [4.78, 5) is 14.3. The normalized spacial score (nSPS) is 17.9. The molecule has 1 aliphatic rings. The van der Waals surface area contributed by atoms with Crippen molar-refractivity contribution in [2.75, 3.05) is 25.0 Å². The number of para-hydroxylation sites is 1. The van der Waals surface area contributed by atoms with E-state index in [0.29, 0.717) is 12.5 Å². The first kappa shape index (κ1) is 18.7. The molecule has 1 aromatic carbocycles. The van der Waals surface area contributed by atoms with E-state index in [-0.39, 0.29) is 24.4 Å². The van der Waals surface area contributed by atoms with E-state index >= 15 is 0 Å².